The van der Waals surface area contributed by atoms with Gasteiger partial charge in [0.05, 0.1) is 0 Å². The van der Waals surface area contributed by atoms with E-state index >= 15 is 0 Å². The third kappa shape index (κ3) is 3.14. The molecule has 2 aromatic rings. The third-order valence-corrected chi connectivity index (χ3v) is 3.78. The molecule has 21 heavy (non-hydrogen) atoms. The Hall–Kier alpha value is -2.53. The average molecular weight is 275 g/mol. The van der Waals surface area contributed by atoms with Gasteiger partial charge in [0.2, 0.25) is 0 Å². The van der Waals surface area contributed by atoms with Crippen molar-refractivity contribution < 1.29 is 4.79 Å². The first-order valence-corrected chi connectivity index (χ1v) is 7.17. The molecule has 0 spiro atoms. The molecule has 0 aliphatic carbocycles. The number of hydrogen-bond donors (Lipinski definition) is 0. The molecule has 0 bridgehead atoms. The van der Waals surface area contributed by atoms with Gasteiger partial charge in [-0.1, -0.05) is 47.9 Å². The van der Waals surface area contributed by atoms with E-state index < -0.39 is 0 Å². The lowest BCUT2D eigenvalue weighted by molar-refractivity contribution is -0.125. The van der Waals surface area contributed by atoms with Gasteiger partial charge < -0.3 is 4.90 Å². The van der Waals surface area contributed by atoms with Crippen molar-refractivity contribution in [1.29, 1.82) is 0 Å². The molecule has 0 N–H and O–H groups in total. The molecule has 0 fully saturated rings. The second-order valence-corrected chi connectivity index (χ2v) is 5.36. The van der Waals surface area contributed by atoms with E-state index in [0.717, 1.165) is 18.5 Å². The summed E-state index contributed by atoms with van der Waals surface area (Å²) in [7, 11) is 0. The summed E-state index contributed by atoms with van der Waals surface area (Å²) in [6.07, 6.45) is 0.911. The van der Waals surface area contributed by atoms with Gasteiger partial charge in [0, 0.05) is 24.6 Å². The van der Waals surface area contributed by atoms with Gasteiger partial charge in [-0.2, -0.15) is 0 Å². The van der Waals surface area contributed by atoms with E-state index in [1.165, 1.54) is 16.7 Å². The Morgan fingerprint density at radius 3 is 2.52 bits per heavy atom. The molecule has 0 saturated carbocycles. The van der Waals surface area contributed by atoms with Gasteiger partial charge in [0.25, 0.3) is 5.91 Å². The van der Waals surface area contributed by atoms with Gasteiger partial charge in [0.1, 0.15) is 0 Å². The number of carbonyl (C=O) groups excluding carboxylic acids is 1. The second-order valence-electron chi connectivity index (χ2n) is 5.36. The molecule has 0 atom stereocenters. The molecular weight excluding hydrogens is 258 g/mol. The summed E-state index contributed by atoms with van der Waals surface area (Å²) >= 11 is 0. The molecule has 104 valence electrons. The smallest absolute Gasteiger partial charge is 0.299 e. The summed E-state index contributed by atoms with van der Waals surface area (Å²) in [5.41, 5.74) is 4.65. The molecule has 0 saturated heterocycles. The standard InChI is InChI=1S/C19H17NO/c1-15-6-8-16(9-7-15)10-11-19(21)20-13-12-17-4-2-3-5-18(17)14-20/h2-9H,12-14H2,1H3. The van der Waals surface area contributed by atoms with Crippen LogP contribution in [-0.2, 0) is 17.8 Å². The van der Waals surface area contributed by atoms with Crippen LogP contribution in [0.1, 0.15) is 22.3 Å². The van der Waals surface area contributed by atoms with E-state index in [-0.39, 0.29) is 5.91 Å². The second kappa shape index (κ2) is 5.85. The zero-order valence-corrected chi connectivity index (χ0v) is 12.1. The topological polar surface area (TPSA) is 20.3 Å². The molecule has 1 aliphatic rings. The van der Waals surface area contributed by atoms with E-state index in [9.17, 15) is 4.79 Å². The first kappa shape index (κ1) is 13.5. The number of aryl methyl sites for hydroxylation is 1. The third-order valence-electron chi connectivity index (χ3n) is 3.78. The fourth-order valence-corrected chi connectivity index (χ4v) is 2.51. The van der Waals surface area contributed by atoms with Crippen LogP contribution in [0.4, 0.5) is 0 Å². The minimum Gasteiger partial charge on any atom is -0.327 e. The SMILES string of the molecule is Cc1ccc(C#CC(=O)N2CCc3ccccc3C2)cc1. The highest BCUT2D eigenvalue weighted by atomic mass is 16.2. The van der Waals surface area contributed by atoms with Crippen LogP contribution in [0.2, 0.25) is 0 Å². The Bertz CT molecular complexity index is 719. The van der Waals surface area contributed by atoms with Crippen LogP contribution in [0.15, 0.2) is 48.5 Å². The Kier molecular flexibility index (Phi) is 3.75. The molecule has 2 aromatic carbocycles. The number of fused-ring (bicyclic) bond motifs is 1. The van der Waals surface area contributed by atoms with Crippen molar-refractivity contribution >= 4 is 5.91 Å². The van der Waals surface area contributed by atoms with Crippen molar-refractivity contribution in [2.45, 2.75) is 19.9 Å². The maximum Gasteiger partial charge on any atom is 0.299 e. The van der Waals surface area contributed by atoms with Gasteiger partial charge in [-0.3, -0.25) is 4.79 Å². The minimum absolute atomic E-state index is 0.0925. The molecule has 0 unspecified atom stereocenters. The highest BCUT2D eigenvalue weighted by Crippen LogP contribution is 2.18. The van der Waals surface area contributed by atoms with Crippen LogP contribution in [0.25, 0.3) is 0 Å². The van der Waals surface area contributed by atoms with Crippen LogP contribution < -0.4 is 0 Å². The quantitative estimate of drug-likeness (QED) is 0.677. The average Bonchev–Trinajstić information content (AvgIpc) is 2.53. The lowest BCUT2D eigenvalue weighted by atomic mass is 10.00. The van der Waals surface area contributed by atoms with E-state index in [1.807, 2.05) is 48.2 Å². The normalized spacial score (nSPS) is 13.1. The summed E-state index contributed by atoms with van der Waals surface area (Å²) in [6.45, 7) is 3.45. The van der Waals surface area contributed by atoms with Crippen molar-refractivity contribution in [3.8, 4) is 11.8 Å². The molecular formula is C19H17NO. The van der Waals surface area contributed by atoms with Crippen LogP contribution in [0.3, 0.4) is 0 Å². The molecule has 3 rings (SSSR count). The number of nitrogens with zero attached hydrogens (tertiary/aromatic N) is 1. The number of rotatable bonds is 0. The lowest BCUT2D eigenvalue weighted by Gasteiger charge is -2.27. The number of amides is 1. The molecule has 0 aromatic heterocycles. The summed E-state index contributed by atoms with van der Waals surface area (Å²) in [4.78, 5) is 14.0. The van der Waals surface area contributed by atoms with Crippen molar-refractivity contribution in [3.05, 3.63) is 70.8 Å². The summed E-state index contributed by atoms with van der Waals surface area (Å²) in [5.74, 6) is 5.62. The maximum absolute atomic E-state index is 12.2. The molecule has 1 aliphatic heterocycles. The number of hydrogen-bond acceptors (Lipinski definition) is 1. The van der Waals surface area contributed by atoms with Gasteiger partial charge in [-0.25, -0.2) is 0 Å². The van der Waals surface area contributed by atoms with Crippen LogP contribution in [-0.4, -0.2) is 17.4 Å². The van der Waals surface area contributed by atoms with Gasteiger partial charge in [-0.15, -0.1) is 0 Å². The van der Waals surface area contributed by atoms with Gasteiger partial charge in [0.15, 0.2) is 0 Å². The Morgan fingerprint density at radius 1 is 1.05 bits per heavy atom. The summed E-state index contributed by atoms with van der Waals surface area (Å²) < 4.78 is 0. The van der Waals surface area contributed by atoms with Gasteiger partial charge in [-0.05, 0) is 36.6 Å². The fourth-order valence-electron chi connectivity index (χ4n) is 2.51. The zero-order valence-electron chi connectivity index (χ0n) is 12.1. The molecule has 2 nitrogen and oxygen atoms in total. The zero-order chi connectivity index (χ0) is 14.7. The Morgan fingerprint density at radius 2 is 1.76 bits per heavy atom. The summed E-state index contributed by atoms with van der Waals surface area (Å²) in [5, 5.41) is 0. The first-order chi connectivity index (χ1) is 10.2. The van der Waals surface area contributed by atoms with E-state index in [1.54, 1.807) is 0 Å². The highest BCUT2D eigenvalue weighted by molar-refractivity contribution is 5.94. The predicted octanol–water partition coefficient (Wildman–Crippen LogP) is 2.93. The van der Waals surface area contributed by atoms with E-state index in [4.69, 9.17) is 0 Å². The number of benzene rings is 2. The van der Waals surface area contributed by atoms with Crippen molar-refractivity contribution in [3.63, 3.8) is 0 Å². The van der Waals surface area contributed by atoms with Crippen molar-refractivity contribution in [2.75, 3.05) is 6.54 Å². The Balaban J connectivity index is 1.71. The minimum atomic E-state index is -0.0925. The van der Waals surface area contributed by atoms with Crippen LogP contribution >= 0.6 is 0 Å². The molecule has 1 heterocycles. The highest BCUT2D eigenvalue weighted by Gasteiger charge is 2.18. The van der Waals surface area contributed by atoms with Crippen LogP contribution in [0, 0.1) is 18.8 Å². The van der Waals surface area contributed by atoms with E-state index in [0.29, 0.717) is 6.54 Å². The van der Waals surface area contributed by atoms with Crippen molar-refractivity contribution in [1.82, 2.24) is 4.90 Å². The van der Waals surface area contributed by atoms with Crippen molar-refractivity contribution in [2.24, 2.45) is 0 Å². The maximum atomic E-state index is 12.2. The number of carbonyl (C=O) groups is 1. The molecule has 0 radical (unpaired) electrons. The Labute approximate surface area is 125 Å². The summed E-state index contributed by atoms with van der Waals surface area (Å²) in [6, 6.07) is 16.2. The predicted molar refractivity (Wildman–Crippen MR) is 83.6 cm³/mol. The first-order valence-electron chi connectivity index (χ1n) is 7.17. The van der Waals surface area contributed by atoms with E-state index in [2.05, 4.69) is 24.0 Å². The molecule has 1 amide bonds. The lowest BCUT2D eigenvalue weighted by Crippen LogP contribution is -2.35. The fraction of sp³-hybridized carbons (Fsp3) is 0.211. The molecule has 2 heteroatoms. The largest absolute Gasteiger partial charge is 0.327 e. The monoisotopic (exact) mass is 275 g/mol. The van der Waals surface area contributed by atoms with Gasteiger partial charge >= 0.3 is 0 Å². The van der Waals surface area contributed by atoms with Crippen LogP contribution in [0.5, 0.6) is 0 Å².